The number of aromatic nitrogens is 3. The van der Waals surface area contributed by atoms with Gasteiger partial charge in [0.1, 0.15) is 0 Å². The molecule has 0 amide bonds. The Bertz CT molecular complexity index is 885. The van der Waals surface area contributed by atoms with Crippen molar-refractivity contribution < 1.29 is 0 Å². The molecular formula is C20H25ClN4. The van der Waals surface area contributed by atoms with Crippen molar-refractivity contribution in [1.29, 1.82) is 0 Å². The van der Waals surface area contributed by atoms with Crippen molar-refractivity contribution in [2.75, 3.05) is 7.05 Å². The van der Waals surface area contributed by atoms with Gasteiger partial charge in [0.25, 0.3) is 0 Å². The van der Waals surface area contributed by atoms with Crippen molar-refractivity contribution in [3.05, 3.63) is 58.4 Å². The Balaban J connectivity index is 1.90. The first-order valence-corrected chi connectivity index (χ1v) is 8.99. The maximum absolute atomic E-state index is 6.46. The maximum atomic E-state index is 6.46. The van der Waals surface area contributed by atoms with Gasteiger partial charge in [-0.3, -0.25) is 9.58 Å². The molecule has 0 aliphatic carbocycles. The molecule has 1 atom stereocenters. The Morgan fingerprint density at radius 3 is 2.64 bits per heavy atom. The third kappa shape index (κ3) is 3.55. The van der Waals surface area contributed by atoms with E-state index in [4.69, 9.17) is 11.6 Å². The van der Waals surface area contributed by atoms with E-state index in [0.29, 0.717) is 5.92 Å². The van der Waals surface area contributed by atoms with Gasteiger partial charge in [-0.25, -0.2) is 4.98 Å². The predicted octanol–water partition coefficient (Wildman–Crippen LogP) is 4.76. The second-order valence-corrected chi connectivity index (χ2v) is 7.46. The zero-order chi connectivity index (χ0) is 18.1. The molecule has 0 fully saturated rings. The van der Waals surface area contributed by atoms with Gasteiger partial charge in [-0.2, -0.15) is 5.10 Å². The zero-order valence-corrected chi connectivity index (χ0v) is 16.2. The highest BCUT2D eigenvalue weighted by molar-refractivity contribution is 6.31. The van der Waals surface area contributed by atoms with Crippen LogP contribution in [0.2, 0.25) is 5.02 Å². The van der Waals surface area contributed by atoms with Crippen LogP contribution in [0.15, 0.2) is 36.5 Å². The Kier molecular flexibility index (Phi) is 5.11. The summed E-state index contributed by atoms with van der Waals surface area (Å²) in [5, 5.41) is 6.40. The third-order valence-corrected chi connectivity index (χ3v) is 5.03. The number of rotatable bonds is 5. The average molecular weight is 357 g/mol. The second-order valence-electron chi connectivity index (χ2n) is 7.05. The van der Waals surface area contributed by atoms with E-state index in [1.807, 2.05) is 37.0 Å². The summed E-state index contributed by atoms with van der Waals surface area (Å²) >= 11 is 6.46. The first-order valence-electron chi connectivity index (χ1n) is 8.61. The van der Waals surface area contributed by atoms with Crippen LogP contribution in [0, 0.1) is 12.8 Å². The summed E-state index contributed by atoms with van der Waals surface area (Å²) in [4.78, 5) is 6.94. The smallest absolute Gasteiger partial charge is 0.157 e. The second kappa shape index (κ2) is 7.14. The monoisotopic (exact) mass is 356 g/mol. The molecule has 0 saturated heterocycles. The maximum Gasteiger partial charge on any atom is 0.157 e. The lowest BCUT2D eigenvalue weighted by atomic mass is 9.94. The summed E-state index contributed by atoms with van der Waals surface area (Å²) in [5.74, 6) is 0.446. The van der Waals surface area contributed by atoms with Gasteiger partial charge in [-0.15, -0.1) is 0 Å². The van der Waals surface area contributed by atoms with Gasteiger partial charge in [-0.1, -0.05) is 43.6 Å². The number of benzene rings is 1. The molecule has 0 bridgehead atoms. The van der Waals surface area contributed by atoms with Crippen molar-refractivity contribution in [3.63, 3.8) is 0 Å². The SMILES string of the molecule is Cc1nn(C)c2ncc(CN(C)C(c3ccccc3Cl)C(C)C)cc12. The Hall–Kier alpha value is -1.91. The number of fused-ring (bicyclic) bond motifs is 1. The molecule has 3 aromatic rings. The van der Waals surface area contributed by atoms with Gasteiger partial charge in [0.15, 0.2) is 5.65 Å². The molecule has 25 heavy (non-hydrogen) atoms. The van der Waals surface area contributed by atoms with Crippen LogP contribution in [0.5, 0.6) is 0 Å². The molecule has 2 aromatic heterocycles. The van der Waals surface area contributed by atoms with E-state index in [9.17, 15) is 0 Å². The van der Waals surface area contributed by atoms with Gasteiger partial charge >= 0.3 is 0 Å². The number of halogens is 1. The highest BCUT2D eigenvalue weighted by atomic mass is 35.5. The molecule has 132 valence electrons. The molecule has 0 aliphatic rings. The van der Waals surface area contributed by atoms with Crippen LogP contribution in [0.1, 0.15) is 36.7 Å². The van der Waals surface area contributed by atoms with Crippen LogP contribution in [-0.4, -0.2) is 26.7 Å². The molecule has 5 heteroatoms. The van der Waals surface area contributed by atoms with Gasteiger partial charge in [-0.05, 0) is 43.1 Å². The summed E-state index contributed by atoms with van der Waals surface area (Å²) < 4.78 is 1.83. The first kappa shape index (κ1) is 17.9. The van der Waals surface area contributed by atoms with Gasteiger partial charge in [0.2, 0.25) is 0 Å². The quantitative estimate of drug-likeness (QED) is 0.661. The van der Waals surface area contributed by atoms with Crippen molar-refractivity contribution in [2.45, 2.75) is 33.4 Å². The van der Waals surface area contributed by atoms with Gasteiger partial charge in [0, 0.05) is 36.2 Å². The van der Waals surface area contributed by atoms with Crippen molar-refractivity contribution >= 4 is 22.6 Å². The largest absolute Gasteiger partial charge is 0.295 e. The molecule has 1 unspecified atom stereocenters. The minimum atomic E-state index is 0.249. The fraction of sp³-hybridized carbons (Fsp3) is 0.400. The molecule has 4 nitrogen and oxygen atoms in total. The molecule has 3 rings (SSSR count). The minimum Gasteiger partial charge on any atom is -0.295 e. The molecule has 0 radical (unpaired) electrons. The summed E-state index contributed by atoms with van der Waals surface area (Å²) in [6.07, 6.45) is 1.95. The molecule has 0 aliphatic heterocycles. The standard InChI is InChI=1S/C20H25ClN4/c1-13(2)19(16-8-6-7-9-18(16)21)24(4)12-15-10-17-14(3)23-25(5)20(17)22-11-15/h6-11,13,19H,12H2,1-5H3. The molecule has 2 heterocycles. The van der Waals surface area contributed by atoms with Crippen molar-refractivity contribution in [3.8, 4) is 0 Å². The van der Waals surface area contributed by atoms with E-state index in [-0.39, 0.29) is 6.04 Å². The number of pyridine rings is 1. The van der Waals surface area contributed by atoms with Gasteiger partial charge < -0.3 is 0 Å². The minimum absolute atomic E-state index is 0.249. The Morgan fingerprint density at radius 1 is 1.24 bits per heavy atom. The zero-order valence-electron chi connectivity index (χ0n) is 15.5. The van der Waals surface area contributed by atoms with Crippen LogP contribution < -0.4 is 0 Å². The highest BCUT2D eigenvalue weighted by Crippen LogP contribution is 2.33. The average Bonchev–Trinajstić information content (AvgIpc) is 2.83. The van der Waals surface area contributed by atoms with Gasteiger partial charge in [0.05, 0.1) is 5.69 Å². The van der Waals surface area contributed by atoms with E-state index in [1.54, 1.807) is 0 Å². The predicted molar refractivity (Wildman–Crippen MR) is 104 cm³/mol. The summed E-state index contributed by atoms with van der Waals surface area (Å²) in [5.41, 5.74) is 4.30. The van der Waals surface area contributed by atoms with E-state index in [2.05, 4.69) is 54.1 Å². The molecule has 0 saturated carbocycles. The molecule has 0 spiro atoms. The lowest BCUT2D eigenvalue weighted by Gasteiger charge is -2.32. The molecular weight excluding hydrogens is 332 g/mol. The first-order chi connectivity index (χ1) is 11.9. The lowest BCUT2D eigenvalue weighted by molar-refractivity contribution is 0.186. The molecule has 1 aromatic carbocycles. The lowest BCUT2D eigenvalue weighted by Crippen LogP contribution is -2.28. The van der Waals surface area contributed by atoms with Crippen molar-refractivity contribution in [1.82, 2.24) is 19.7 Å². The van der Waals surface area contributed by atoms with E-state index < -0.39 is 0 Å². The van der Waals surface area contributed by atoms with Crippen LogP contribution >= 0.6 is 11.6 Å². The van der Waals surface area contributed by atoms with Crippen LogP contribution in [0.3, 0.4) is 0 Å². The Labute approximate surface area is 154 Å². The number of hydrogen-bond acceptors (Lipinski definition) is 3. The fourth-order valence-corrected chi connectivity index (χ4v) is 3.89. The third-order valence-electron chi connectivity index (χ3n) is 4.68. The number of hydrogen-bond donors (Lipinski definition) is 0. The van der Waals surface area contributed by atoms with Crippen LogP contribution in [-0.2, 0) is 13.6 Å². The normalized spacial score (nSPS) is 13.1. The van der Waals surface area contributed by atoms with E-state index in [1.165, 1.54) is 11.1 Å². The van der Waals surface area contributed by atoms with E-state index in [0.717, 1.165) is 28.3 Å². The van der Waals surface area contributed by atoms with Crippen LogP contribution in [0.4, 0.5) is 0 Å². The highest BCUT2D eigenvalue weighted by Gasteiger charge is 2.23. The molecule has 0 N–H and O–H groups in total. The summed E-state index contributed by atoms with van der Waals surface area (Å²) in [6.45, 7) is 7.30. The summed E-state index contributed by atoms with van der Waals surface area (Å²) in [6, 6.07) is 10.6. The summed E-state index contributed by atoms with van der Waals surface area (Å²) in [7, 11) is 4.08. The van der Waals surface area contributed by atoms with Crippen LogP contribution in [0.25, 0.3) is 11.0 Å². The topological polar surface area (TPSA) is 34.0 Å². The van der Waals surface area contributed by atoms with Crippen molar-refractivity contribution in [2.24, 2.45) is 13.0 Å². The Morgan fingerprint density at radius 2 is 1.96 bits per heavy atom. The number of nitrogens with zero attached hydrogens (tertiary/aromatic N) is 4. The van der Waals surface area contributed by atoms with E-state index >= 15 is 0 Å². The number of aryl methyl sites for hydroxylation is 2. The fourth-order valence-electron chi connectivity index (χ4n) is 3.64.